The van der Waals surface area contributed by atoms with E-state index >= 15 is 0 Å². The van der Waals surface area contributed by atoms with E-state index in [0.717, 1.165) is 24.1 Å². The lowest BCUT2D eigenvalue weighted by Crippen LogP contribution is -2.40. The van der Waals surface area contributed by atoms with E-state index in [9.17, 15) is 14.7 Å². The van der Waals surface area contributed by atoms with Crippen molar-refractivity contribution in [3.63, 3.8) is 0 Å². The summed E-state index contributed by atoms with van der Waals surface area (Å²) >= 11 is 0. The highest BCUT2D eigenvalue weighted by Crippen LogP contribution is 2.17. The van der Waals surface area contributed by atoms with Crippen LogP contribution >= 0.6 is 0 Å². The first-order valence-corrected chi connectivity index (χ1v) is 8.10. The van der Waals surface area contributed by atoms with Crippen LogP contribution in [0.1, 0.15) is 47.8 Å². The van der Waals surface area contributed by atoms with Crippen LogP contribution < -0.4 is 5.32 Å². The van der Waals surface area contributed by atoms with Gasteiger partial charge < -0.3 is 10.4 Å². The third-order valence-electron chi connectivity index (χ3n) is 4.05. The minimum Gasteiger partial charge on any atom is -0.480 e. The van der Waals surface area contributed by atoms with E-state index in [2.05, 4.69) is 10.4 Å². The maximum atomic E-state index is 12.4. The minimum absolute atomic E-state index is 0.390. The van der Waals surface area contributed by atoms with Crippen LogP contribution in [0.15, 0.2) is 30.5 Å². The number of aromatic nitrogens is 2. The van der Waals surface area contributed by atoms with E-state index in [1.165, 1.54) is 6.20 Å². The first-order valence-electron chi connectivity index (χ1n) is 8.10. The zero-order chi connectivity index (χ0) is 17.7. The molecule has 2 aromatic rings. The molecule has 1 amide bonds. The number of rotatable bonds is 7. The molecule has 0 fully saturated rings. The van der Waals surface area contributed by atoms with Gasteiger partial charge in [-0.3, -0.25) is 4.79 Å². The number of para-hydroxylation sites is 1. The fourth-order valence-electron chi connectivity index (χ4n) is 2.58. The Bertz CT molecular complexity index is 737. The first-order chi connectivity index (χ1) is 11.5. The summed E-state index contributed by atoms with van der Waals surface area (Å²) in [5, 5.41) is 16.1. The van der Waals surface area contributed by atoms with Crippen molar-refractivity contribution >= 4 is 11.9 Å². The van der Waals surface area contributed by atoms with Gasteiger partial charge in [-0.2, -0.15) is 5.10 Å². The van der Waals surface area contributed by atoms with Crippen molar-refractivity contribution in [3.8, 4) is 5.69 Å². The number of carboxylic acids is 1. The van der Waals surface area contributed by atoms with E-state index < -0.39 is 17.9 Å². The lowest BCUT2D eigenvalue weighted by atomic mass is 10.1. The zero-order valence-corrected chi connectivity index (χ0v) is 14.2. The molecule has 6 heteroatoms. The number of hydrogen-bond donors (Lipinski definition) is 2. The molecule has 6 nitrogen and oxygen atoms in total. The molecular weight excluding hydrogens is 306 g/mol. The van der Waals surface area contributed by atoms with Gasteiger partial charge in [-0.05, 0) is 31.9 Å². The van der Waals surface area contributed by atoms with E-state index in [-0.39, 0.29) is 0 Å². The van der Waals surface area contributed by atoms with Crippen LogP contribution in [0.5, 0.6) is 0 Å². The Labute approximate surface area is 141 Å². The normalized spacial score (nSPS) is 12.0. The van der Waals surface area contributed by atoms with Gasteiger partial charge in [0.05, 0.1) is 23.1 Å². The van der Waals surface area contributed by atoms with Crippen LogP contribution in [-0.2, 0) is 4.79 Å². The summed E-state index contributed by atoms with van der Waals surface area (Å²) < 4.78 is 1.70. The average molecular weight is 329 g/mol. The molecule has 0 unspecified atom stereocenters. The van der Waals surface area contributed by atoms with Crippen molar-refractivity contribution in [2.45, 2.75) is 46.1 Å². The fourth-order valence-corrected chi connectivity index (χ4v) is 2.58. The molecule has 128 valence electrons. The smallest absolute Gasteiger partial charge is 0.326 e. The number of carbonyl (C=O) groups excluding carboxylic acids is 1. The van der Waals surface area contributed by atoms with Gasteiger partial charge in [-0.15, -0.1) is 0 Å². The second-order valence-electron chi connectivity index (χ2n) is 5.85. The van der Waals surface area contributed by atoms with Gasteiger partial charge in [-0.25, -0.2) is 9.48 Å². The van der Waals surface area contributed by atoms with Crippen molar-refractivity contribution in [3.05, 3.63) is 47.3 Å². The number of aliphatic carboxylic acids is 1. The molecule has 2 N–H and O–H groups in total. The Morgan fingerprint density at radius 1 is 1.29 bits per heavy atom. The Balaban J connectivity index is 2.22. The number of benzene rings is 1. The fraction of sp³-hybridized carbons (Fsp3) is 0.389. The molecular formula is C18H23N3O3. The number of aryl methyl sites for hydroxylation is 1. The topological polar surface area (TPSA) is 84.2 Å². The molecule has 0 aliphatic rings. The van der Waals surface area contributed by atoms with Gasteiger partial charge in [-0.1, -0.05) is 38.0 Å². The maximum absolute atomic E-state index is 12.4. The number of hydrogen-bond acceptors (Lipinski definition) is 3. The highest BCUT2D eigenvalue weighted by molar-refractivity contribution is 5.97. The number of carbonyl (C=O) groups is 2. The molecule has 0 saturated heterocycles. The van der Waals surface area contributed by atoms with Crippen LogP contribution in [0.3, 0.4) is 0 Å². The third-order valence-corrected chi connectivity index (χ3v) is 4.05. The highest BCUT2D eigenvalue weighted by Gasteiger charge is 2.23. The monoisotopic (exact) mass is 329 g/mol. The Hall–Kier alpha value is -2.63. The van der Waals surface area contributed by atoms with Crippen LogP contribution in [0.2, 0.25) is 0 Å². The largest absolute Gasteiger partial charge is 0.480 e. The van der Waals surface area contributed by atoms with E-state index in [1.54, 1.807) is 11.6 Å². The molecule has 0 aliphatic carbocycles. The maximum Gasteiger partial charge on any atom is 0.326 e. The number of nitrogens with one attached hydrogen (secondary N) is 1. The Morgan fingerprint density at radius 3 is 2.62 bits per heavy atom. The first kappa shape index (κ1) is 17.7. The summed E-state index contributed by atoms with van der Waals surface area (Å²) in [5.74, 6) is -1.42. The van der Waals surface area contributed by atoms with E-state index in [4.69, 9.17) is 0 Å². The van der Waals surface area contributed by atoms with E-state index in [1.807, 2.05) is 38.1 Å². The molecule has 0 aliphatic heterocycles. The van der Waals surface area contributed by atoms with Crippen LogP contribution in [0, 0.1) is 13.8 Å². The summed E-state index contributed by atoms with van der Waals surface area (Å²) in [6.45, 7) is 5.76. The molecule has 2 rings (SSSR count). The summed E-state index contributed by atoms with van der Waals surface area (Å²) in [5.41, 5.74) is 3.01. The van der Waals surface area contributed by atoms with Crippen molar-refractivity contribution in [1.29, 1.82) is 0 Å². The molecule has 1 heterocycles. The predicted molar refractivity (Wildman–Crippen MR) is 91.5 cm³/mol. The van der Waals surface area contributed by atoms with Gasteiger partial charge in [0.2, 0.25) is 0 Å². The number of nitrogens with zero attached hydrogens (tertiary/aromatic N) is 2. The quantitative estimate of drug-likeness (QED) is 0.818. The van der Waals surface area contributed by atoms with Crippen molar-refractivity contribution in [2.75, 3.05) is 0 Å². The Kier molecular flexibility index (Phi) is 5.73. The van der Waals surface area contributed by atoms with Crippen molar-refractivity contribution in [1.82, 2.24) is 15.1 Å². The molecule has 1 atom stereocenters. The third kappa shape index (κ3) is 3.82. The molecule has 24 heavy (non-hydrogen) atoms. The lowest BCUT2D eigenvalue weighted by molar-refractivity contribution is -0.139. The molecule has 0 bridgehead atoms. The SMILES string of the molecule is CCCC[C@H](NC(=O)c1cnn(-c2ccccc2C)c1C)C(=O)O. The molecule has 1 aromatic heterocycles. The van der Waals surface area contributed by atoms with Gasteiger partial charge >= 0.3 is 5.97 Å². The Morgan fingerprint density at radius 2 is 2.00 bits per heavy atom. The van der Waals surface area contributed by atoms with Gasteiger partial charge in [0.15, 0.2) is 0 Å². The average Bonchev–Trinajstić information content (AvgIpc) is 2.93. The van der Waals surface area contributed by atoms with Crippen LogP contribution in [0.4, 0.5) is 0 Å². The second kappa shape index (κ2) is 7.77. The number of unbranched alkanes of at least 4 members (excludes halogenated alkanes) is 1. The zero-order valence-electron chi connectivity index (χ0n) is 14.2. The molecule has 1 aromatic carbocycles. The summed E-state index contributed by atoms with van der Waals surface area (Å²) in [7, 11) is 0. The minimum atomic E-state index is -1.01. The standard InChI is InChI=1S/C18H23N3O3/c1-4-5-9-15(18(23)24)20-17(22)14-11-19-21(13(14)3)16-10-7-6-8-12(16)2/h6-8,10-11,15H,4-5,9H2,1-3H3,(H,20,22)(H,23,24)/t15-/m0/s1. The summed E-state index contributed by atoms with van der Waals surface area (Å²) in [6.07, 6.45) is 3.53. The van der Waals surface area contributed by atoms with Crippen LogP contribution in [-0.4, -0.2) is 32.8 Å². The second-order valence-corrected chi connectivity index (χ2v) is 5.85. The summed E-state index contributed by atoms with van der Waals surface area (Å²) in [6, 6.07) is 6.88. The lowest BCUT2D eigenvalue weighted by Gasteiger charge is -2.14. The molecule has 0 radical (unpaired) electrons. The predicted octanol–water partition coefficient (Wildman–Crippen LogP) is 2.86. The van der Waals surface area contributed by atoms with Crippen molar-refractivity contribution in [2.24, 2.45) is 0 Å². The molecule has 0 saturated carbocycles. The number of carboxylic acid groups (broad SMARTS) is 1. The molecule has 0 spiro atoms. The van der Waals surface area contributed by atoms with Gasteiger partial charge in [0.1, 0.15) is 6.04 Å². The van der Waals surface area contributed by atoms with E-state index in [0.29, 0.717) is 17.7 Å². The van der Waals surface area contributed by atoms with Gasteiger partial charge in [0.25, 0.3) is 5.91 Å². The van der Waals surface area contributed by atoms with Crippen molar-refractivity contribution < 1.29 is 14.7 Å². The van der Waals surface area contributed by atoms with Gasteiger partial charge in [0, 0.05) is 0 Å². The van der Waals surface area contributed by atoms with Crippen LogP contribution in [0.25, 0.3) is 5.69 Å². The number of amides is 1. The summed E-state index contributed by atoms with van der Waals surface area (Å²) in [4.78, 5) is 23.7. The highest BCUT2D eigenvalue weighted by atomic mass is 16.4.